The topological polar surface area (TPSA) is 119 Å². The maximum atomic E-state index is 12.3. The first-order valence-corrected chi connectivity index (χ1v) is 9.01. The molecule has 1 heterocycles. The van der Waals surface area contributed by atoms with Gasteiger partial charge in [-0.3, -0.25) is 20.2 Å². The number of unbranched alkanes of at least 4 members (excludes halogenated alkanes) is 1. The number of carbonyl (C=O) groups excluding carboxylic acids is 1. The second kappa shape index (κ2) is 9.78. The molecule has 10 heteroatoms. The molecule has 2 rings (SSSR count). The molecule has 0 saturated heterocycles. The highest BCUT2D eigenvalue weighted by atomic mass is 32.1. The van der Waals surface area contributed by atoms with Crippen LogP contribution in [0.2, 0.25) is 0 Å². The van der Waals surface area contributed by atoms with Crippen LogP contribution in [0.1, 0.15) is 35.1 Å². The predicted molar refractivity (Wildman–Crippen MR) is 99.9 cm³/mol. The number of nitrogens with zero attached hydrogens (tertiary/aromatic N) is 3. The summed E-state index contributed by atoms with van der Waals surface area (Å²) in [7, 11) is 1.55. The van der Waals surface area contributed by atoms with Gasteiger partial charge in [-0.25, -0.2) is 0 Å². The summed E-state index contributed by atoms with van der Waals surface area (Å²) in [5, 5.41) is 26.0. The number of benzene rings is 1. The van der Waals surface area contributed by atoms with Crippen molar-refractivity contribution >= 4 is 33.8 Å². The van der Waals surface area contributed by atoms with Gasteiger partial charge in [-0.15, -0.1) is 10.2 Å². The van der Waals surface area contributed by atoms with Crippen molar-refractivity contribution < 1.29 is 14.5 Å². The summed E-state index contributed by atoms with van der Waals surface area (Å²) < 4.78 is 4.91. The number of nitro benzene ring substituents is 1. The third kappa shape index (κ3) is 5.46. The molecule has 140 valence electrons. The summed E-state index contributed by atoms with van der Waals surface area (Å²) in [5.41, 5.74) is 0.343. The number of anilines is 2. The second-order valence-electron chi connectivity index (χ2n) is 5.47. The SMILES string of the molecule is CCCCc1nnc(NC(=O)c2ccc(NCCOC)c([N+](=O)[O-])c2)s1. The molecule has 0 unspecified atom stereocenters. The van der Waals surface area contributed by atoms with Crippen LogP contribution in [0, 0.1) is 10.1 Å². The third-order valence-electron chi connectivity index (χ3n) is 3.51. The normalized spacial score (nSPS) is 10.5. The van der Waals surface area contributed by atoms with Crippen molar-refractivity contribution in [1.29, 1.82) is 0 Å². The molecule has 0 saturated carbocycles. The molecule has 0 spiro atoms. The van der Waals surface area contributed by atoms with Crippen LogP contribution >= 0.6 is 11.3 Å². The van der Waals surface area contributed by atoms with E-state index >= 15 is 0 Å². The Kier molecular flexibility index (Phi) is 7.42. The van der Waals surface area contributed by atoms with E-state index in [-0.39, 0.29) is 11.3 Å². The predicted octanol–water partition coefficient (Wildman–Crippen LogP) is 3.10. The van der Waals surface area contributed by atoms with E-state index in [1.54, 1.807) is 7.11 Å². The van der Waals surface area contributed by atoms with E-state index in [0.717, 1.165) is 24.3 Å². The Morgan fingerprint density at radius 1 is 1.38 bits per heavy atom. The number of hydrogen-bond donors (Lipinski definition) is 2. The minimum atomic E-state index is -0.528. The first-order chi connectivity index (χ1) is 12.5. The van der Waals surface area contributed by atoms with Crippen molar-refractivity contribution in [3.05, 3.63) is 38.9 Å². The summed E-state index contributed by atoms with van der Waals surface area (Å²) >= 11 is 1.31. The van der Waals surface area contributed by atoms with Gasteiger partial charge in [-0.1, -0.05) is 24.7 Å². The van der Waals surface area contributed by atoms with Crippen molar-refractivity contribution in [3.63, 3.8) is 0 Å². The van der Waals surface area contributed by atoms with Crippen molar-refractivity contribution in [2.45, 2.75) is 26.2 Å². The molecule has 1 aromatic heterocycles. The number of hydrogen-bond acceptors (Lipinski definition) is 8. The van der Waals surface area contributed by atoms with Crippen LogP contribution in [0.5, 0.6) is 0 Å². The summed E-state index contributed by atoms with van der Waals surface area (Å²) in [6.07, 6.45) is 2.87. The summed E-state index contributed by atoms with van der Waals surface area (Å²) in [4.78, 5) is 23.1. The molecule has 9 nitrogen and oxygen atoms in total. The number of aromatic nitrogens is 2. The Labute approximate surface area is 154 Å². The number of amides is 1. The van der Waals surface area contributed by atoms with Crippen molar-refractivity contribution in [1.82, 2.24) is 10.2 Å². The highest BCUT2D eigenvalue weighted by molar-refractivity contribution is 7.15. The molecule has 0 fully saturated rings. The molecule has 26 heavy (non-hydrogen) atoms. The molecule has 0 aliphatic carbocycles. The van der Waals surface area contributed by atoms with Crippen molar-refractivity contribution in [2.75, 3.05) is 30.9 Å². The number of methoxy groups -OCH3 is 1. The second-order valence-corrected chi connectivity index (χ2v) is 6.53. The van der Waals surface area contributed by atoms with Gasteiger partial charge in [0.2, 0.25) is 5.13 Å². The lowest BCUT2D eigenvalue weighted by atomic mass is 10.1. The molecule has 1 amide bonds. The lowest BCUT2D eigenvalue weighted by Crippen LogP contribution is -2.13. The molecule has 1 aromatic carbocycles. The Morgan fingerprint density at radius 2 is 2.19 bits per heavy atom. The maximum absolute atomic E-state index is 12.3. The fourth-order valence-corrected chi connectivity index (χ4v) is 2.94. The number of nitrogens with one attached hydrogen (secondary N) is 2. The quantitative estimate of drug-likeness (QED) is 0.370. The first-order valence-electron chi connectivity index (χ1n) is 8.20. The number of ether oxygens (including phenoxy) is 1. The van der Waals surface area contributed by atoms with Crippen LogP contribution in [0.15, 0.2) is 18.2 Å². The molecule has 0 bridgehead atoms. The van der Waals surface area contributed by atoms with Gasteiger partial charge >= 0.3 is 0 Å². The zero-order valence-electron chi connectivity index (χ0n) is 14.7. The zero-order chi connectivity index (χ0) is 18.9. The molecule has 0 aliphatic rings. The Balaban J connectivity index is 2.09. The van der Waals surface area contributed by atoms with Crippen molar-refractivity contribution in [2.24, 2.45) is 0 Å². The van der Waals surface area contributed by atoms with E-state index in [4.69, 9.17) is 4.74 Å². The minimum absolute atomic E-state index is 0.172. The molecule has 2 aromatic rings. The number of carbonyl (C=O) groups is 1. The van der Waals surface area contributed by atoms with Gasteiger partial charge in [0.1, 0.15) is 10.7 Å². The highest BCUT2D eigenvalue weighted by Crippen LogP contribution is 2.26. The van der Waals surface area contributed by atoms with Crippen LogP contribution < -0.4 is 10.6 Å². The fourth-order valence-electron chi connectivity index (χ4n) is 2.16. The summed E-state index contributed by atoms with van der Waals surface area (Å²) in [6.45, 7) is 2.93. The van der Waals surface area contributed by atoms with Crippen LogP contribution in [-0.2, 0) is 11.2 Å². The van der Waals surface area contributed by atoms with Gasteiger partial charge in [-0.05, 0) is 18.6 Å². The van der Waals surface area contributed by atoms with Gasteiger partial charge < -0.3 is 10.1 Å². The maximum Gasteiger partial charge on any atom is 0.293 e. The number of rotatable bonds is 10. The van der Waals surface area contributed by atoms with Crippen LogP contribution in [0.3, 0.4) is 0 Å². The largest absolute Gasteiger partial charge is 0.383 e. The standard InChI is InChI=1S/C16H21N5O4S/c1-3-4-5-14-19-20-16(26-14)18-15(22)11-6-7-12(17-8-9-25-2)13(10-11)21(23)24/h6-7,10,17H,3-5,8-9H2,1-2H3,(H,18,20,22). The van der Waals surface area contributed by atoms with E-state index in [9.17, 15) is 14.9 Å². The molecule has 0 radical (unpaired) electrons. The molecule has 0 atom stereocenters. The summed E-state index contributed by atoms with van der Waals surface area (Å²) in [6, 6.07) is 4.27. The Morgan fingerprint density at radius 3 is 2.88 bits per heavy atom. The van der Waals surface area contributed by atoms with Crippen LogP contribution in [0.4, 0.5) is 16.5 Å². The van der Waals surface area contributed by atoms with Gasteiger partial charge in [0.15, 0.2) is 0 Å². The number of nitro groups is 1. The first kappa shape index (κ1) is 19.7. The highest BCUT2D eigenvalue weighted by Gasteiger charge is 2.18. The van der Waals surface area contributed by atoms with Gasteiger partial charge in [0.05, 0.1) is 11.5 Å². The van der Waals surface area contributed by atoms with E-state index in [2.05, 4.69) is 27.8 Å². The summed E-state index contributed by atoms with van der Waals surface area (Å²) in [5.74, 6) is -0.463. The molecular formula is C16H21N5O4S. The molecular weight excluding hydrogens is 358 g/mol. The van der Waals surface area contributed by atoms with E-state index in [1.807, 2.05) is 0 Å². The van der Waals surface area contributed by atoms with E-state index < -0.39 is 10.8 Å². The van der Waals surface area contributed by atoms with Gasteiger partial charge in [0.25, 0.3) is 11.6 Å². The van der Waals surface area contributed by atoms with Gasteiger partial charge in [-0.2, -0.15) is 0 Å². The van der Waals surface area contributed by atoms with E-state index in [1.165, 1.54) is 29.5 Å². The minimum Gasteiger partial charge on any atom is -0.383 e. The average Bonchev–Trinajstić information content (AvgIpc) is 3.07. The number of aryl methyl sites for hydroxylation is 1. The third-order valence-corrected chi connectivity index (χ3v) is 4.41. The smallest absolute Gasteiger partial charge is 0.293 e. The lowest BCUT2D eigenvalue weighted by Gasteiger charge is -2.08. The Hall–Kier alpha value is -2.59. The lowest BCUT2D eigenvalue weighted by molar-refractivity contribution is -0.384. The fraction of sp³-hybridized carbons (Fsp3) is 0.438. The average molecular weight is 379 g/mol. The van der Waals surface area contributed by atoms with Crippen LogP contribution in [-0.4, -0.2) is 41.3 Å². The van der Waals surface area contributed by atoms with E-state index in [0.29, 0.717) is 24.0 Å². The van der Waals surface area contributed by atoms with Crippen LogP contribution in [0.25, 0.3) is 0 Å². The van der Waals surface area contributed by atoms with Crippen molar-refractivity contribution in [3.8, 4) is 0 Å². The monoisotopic (exact) mass is 379 g/mol. The molecule has 2 N–H and O–H groups in total. The Bertz CT molecular complexity index is 765. The zero-order valence-corrected chi connectivity index (χ0v) is 15.5. The molecule has 0 aliphatic heterocycles. The van der Waals surface area contributed by atoms with Gasteiger partial charge in [0, 0.05) is 31.7 Å².